The number of anilines is 1. The van der Waals surface area contributed by atoms with E-state index in [1.165, 1.54) is 12.8 Å². The first kappa shape index (κ1) is 12.0. The lowest BCUT2D eigenvalue weighted by Crippen LogP contribution is -2.45. The van der Waals surface area contributed by atoms with Gasteiger partial charge in [-0.3, -0.25) is 9.48 Å². The van der Waals surface area contributed by atoms with Crippen molar-refractivity contribution in [2.75, 3.05) is 5.73 Å². The number of aromatic nitrogens is 2. The van der Waals surface area contributed by atoms with Crippen LogP contribution in [0.1, 0.15) is 44.1 Å². The maximum absolute atomic E-state index is 12.1. The van der Waals surface area contributed by atoms with Gasteiger partial charge in [0.2, 0.25) is 0 Å². The van der Waals surface area contributed by atoms with Gasteiger partial charge in [-0.1, -0.05) is 0 Å². The Labute approximate surface area is 101 Å². The number of aryl methyl sites for hydroxylation is 1. The lowest BCUT2D eigenvalue weighted by atomic mass is 9.98. The zero-order valence-electron chi connectivity index (χ0n) is 10.7. The number of nitrogens with zero attached hydrogens (tertiary/aromatic N) is 2. The Kier molecular flexibility index (Phi) is 2.85. The van der Waals surface area contributed by atoms with Crippen LogP contribution < -0.4 is 11.1 Å². The molecule has 0 bridgehead atoms. The van der Waals surface area contributed by atoms with E-state index in [1.807, 2.05) is 6.92 Å². The molecule has 1 heterocycles. The summed E-state index contributed by atoms with van der Waals surface area (Å²) in [5.41, 5.74) is 6.39. The Morgan fingerprint density at radius 3 is 2.76 bits per heavy atom. The van der Waals surface area contributed by atoms with Crippen molar-refractivity contribution in [3.63, 3.8) is 0 Å². The molecule has 0 radical (unpaired) electrons. The summed E-state index contributed by atoms with van der Waals surface area (Å²) in [6.45, 7) is 6.77. The summed E-state index contributed by atoms with van der Waals surface area (Å²) >= 11 is 0. The summed E-state index contributed by atoms with van der Waals surface area (Å²) < 4.78 is 1.67. The molecule has 2 rings (SSSR count). The molecule has 1 aliphatic rings. The fourth-order valence-corrected chi connectivity index (χ4v) is 2.03. The van der Waals surface area contributed by atoms with Gasteiger partial charge >= 0.3 is 0 Å². The molecule has 0 unspecified atom stereocenters. The van der Waals surface area contributed by atoms with Crippen LogP contribution in [0.15, 0.2) is 6.20 Å². The molecular formula is C12H20N4O. The SMILES string of the molecule is CCn1cc(N)c(C(=O)NC(C)(C)C2CC2)n1. The van der Waals surface area contributed by atoms with Gasteiger partial charge in [0.1, 0.15) is 0 Å². The Bertz CT molecular complexity index is 432. The third-order valence-corrected chi connectivity index (χ3v) is 3.36. The Balaban J connectivity index is 2.11. The first-order chi connectivity index (χ1) is 7.94. The van der Waals surface area contributed by atoms with E-state index >= 15 is 0 Å². The van der Waals surface area contributed by atoms with Crippen LogP contribution in [0.2, 0.25) is 0 Å². The van der Waals surface area contributed by atoms with Crippen molar-refractivity contribution in [1.29, 1.82) is 0 Å². The van der Waals surface area contributed by atoms with Crippen molar-refractivity contribution in [2.45, 2.75) is 45.7 Å². The number of rotatable bonds is 4. The van der Waals surface area contributed by atoms with Gasteiger partial charge in [0, 0.05) is 18.3 Å². The third-order valence-electron chi connectivity index (χ3n) is 3.36. The normalized spacial score (nSPS) is 15.9. The molecule has 1 aromatic rings. The smallest absolute Gasteiger partial charge is 0.274 e. The first-order valence-electron chi connectivity index (χ1n) is 6.09. The van der Waals surface area contributed by atoms with E-state index < -0.39 is 0 Å². The molecule has 5 heteroatoms. The first-order valence-corrected chi connectivity index (χ1v) is 6.09. The molecule has 1 fully saturated rings. The summed E-state index contributed by atoms with van der Waals surface area (Å²) in [5.74, 6) is 0.410. The maximum Gasteiger partial charge on any atom is 0.274 e. The second kappa shape index (κ2) is 4.05. The van der Waals surface area contributed by atoms with E-state index in [1.54, 1.807) is 10.9 Å². The quantitative estimate of drug-likeness (QED) is 0.830. The lowest BCUT2D eigenvalue weighted by molar-refractivity contribution is 0.0898. The minimum atomic E-state index is -0.174. The molecule has 1 aromatic heterocycles. The molecule has 3 N–H and O–H groups in total. The summed E-state index contributed by atoms with van der Waals surface area (Å²) in [6, 6.07) is 0. The number of carbonyl (C=O) groups is 1. The summed E-state index contributed by atoms with van der Waals surface area (Å²) in [7, 11) is 0. The highest BCUT2D eigenvalue weighted by atomic mass is 16.2. The van der Waals surface area contributed by atoms with Gasteiger partial charge in [-0.15, -0.1) is 0 Å². The fourth-order valence-electron chi connectivity index (χ4n) is 2.03. The van der Waals surface area contributed by atoms with Crippen molar-refractivity contribution in [2.24, 2.45) is 5.92 Å². The summed E-state index contributed by atoms with van der Waals surface area (Å²) in [4.78, 5) is 12.1. The van der Waals surface area contributed by atoms with Crippen molar-refractivity contribution < 1.29 is 4.79 Å². The Morgan fingerprint density at radius 2 is 2.29 bits per heavy atom. The van der Waals surface area contributed by atoms with Crippen LogP contribution in [0.4, 0.5) is 5.69 Å². The number of hydrogen-bond acceptors (Lipinski definition) is 3. The van der Waals surface area contributed by atoms with Crippen LogP contribution >= 0.6 is 0 Å². The van der Waals surface area contributed by atoms with Crippen molar-refractivity contribution in [3.8, 4) is 0 Å². The van der Waals surface area contributed by atoms with Gasteiger partial charge in [0.25, 0.3) is 5.91 Å². The topological polar surface area (TPSA) is 72.9 Å². The second-order valence-corrected chi connectivity index (χ2v) is 5.24. The molecule has 0 saturated heterocycles. The molecule has 5 nitrogen and oxygen atoms in total. The Hall–Kier alpha value is -1.52. The Morgan fingerprint density at radius 1 is 1.65 bits per heavy atom. The van der Waals surface area contributed by atoms with Gasteiger partial charge in [-0.05, 0) is 39.5 Å². The number of carbonyl (C=O) groups excluding carboxylic acids is 1. The highest BCUT2D eigenvalue weighted by molar-refractivity contribution is 5.97. The number of hydrogen-bond donors (Lipinski definition) is 2. The maximum atomic E-state index is 12.1. The molecule has 1 amide bonds. The minimum absolute atomic E-state index is 0.167. The standard InChI is InChI=1S/C12H20N4O/c1-4-16-7-9(13)10(15-16)11(17)14-12(2,3)8-5-6-8/h7-8H,4-6,13H2,1-3H3,(H,14,17). The summed E-state index contributed by atoms with van der Waals surface area (Å²) in [5, 5.41) is 7.19. The minimum Gasteiger partial charge on any atom is -0.396 e. The zero-order chi connectivity index (χ0) is 12.6. The van der Waals surface area contributed by atoms with Gasteiger partial charge in [-0.2, -0.15) is 5.10 Å². The molecule has 17 heavy (non-hydrogen) atoms. The predicted molar refractivity (Wildman–Crippen MR) is 66.6 cm³/mol. The monoisotopic (exact) mass is 236 g/mol. The van der Waals surface area contributed by atoms with Crippen LogP contribution in [0.3, 0.4) is 0 Å². The van der Waals surface area contributed by atoms with Crippen molar-refractivity contribution in [1.82, 2.24) is 15.1 Å². The zero-order valence-corrected chi connectivity index (χ0v) is 10.7. The van der Waals surface area contributed by atoms with Crippen LogP contribution in [0.25, 0.3) is 0 Å². The van der Waals surface area contributed by atoms with Crippen LogP contribution in [-0.2, 0) is 6.54 Å². The highest BCUT2D eigenvalue weighted by Crippen LogP contribution is 2.39. The van der Waals surface area contributed by atoms with Crippen LogP contribution in [0, 0.1) is 5.92 Å². The molecule has 0 aromatic carbocycles. The van der Waals surface area contributed by atoms with Gasteiger partial charge in [-0.25, -0.2) is 0 Å². The van der Waals surface area contributed by atoms with Crippen LogP contribution in [0.5, 0.6) is 0 Å². The number of nitrogen functional groups attached to an aromatic ring is 1. The third kappa shape index (κ3) is 2.43. The number of nitrogens with one attached hydrogen (secondary N) is 1. The predicted octanol–water partition coefficient (Wildman–Crippen LogP) is 1.40. The molecule has 1 aliphatic carbocycles. The highest BCUT2D eigenvalue weighted by Gasteiger charge is 2.39. The van der Waals surface area contributed by atoms with Crippen molar-refractivity contribution in [3.05, 3.63) is 11.9 Å². The average molecular weight is 236 g/mol. The van der Waals surface area contributed by atoms with E-state index in [0.717, 1.165) is 0 Å². The lowest BCUT2D eigenvalue weighted by Gasteiger charge is -2.25. The molecule has 0 spiro atoms. The molecule has 0 atom stereocenters. The second-order valence-electron chi connectivity index (χ2n) is 5.24. The van der Waals surface area contributed by atoms with Gasteiger partial charge in [0.15, 0.2) is 5.69 Å². The summed E-state index contributed by atoms with van der Waals surface area (Å²) in [6.07, 6.45) is 4.07. The number of nitrogens with two attached hydrogens (primary N) is 1. The van der Waals surface area contributed by atoms with Gasteiger partial charge in [0.05, 0.1) is 5.69 Å². The van der Waals surface area contributed by atoms with Gasteiger partial charge < -0.3 is 11.1 Å². The van der Waals surface area contributed by atoms with E-state index in [4.69, 9.17) is 5.73 Å². The van der Waals surface area contributed by atoms with Crippen LogP contribution in [-0.4, -0.2) is 21.2 Å². The largest absolute Gasteiger partial charge is 0.396 e. The molecular weight excluding hydrogens is 216 g/mol. The average Bonchev–Trinajstić information content (AvgIpc) is 3.02. The van der Waals surface area contributed by atoms with E-state index in [-0.39, 0.29) is 11.4 Å². The number of amides is 1. The van der Waals surface area contributed by atoms with E-state index in [0.29, 0.717) is 23.8 Å². The fraction of sp³-hybridized carbons (Fsp3) is 0.667. The van der Waals surface area contributed by atoms with Crippen molar-refractivity contribution >= 4 is 11.6 Å². The van der Waals surface area contributed by atoms with E-state index in [2.05, 4.69) is 24.3 Å². The molecule has 0 aliphatic heterocycles. The molecule has 94 valence electrons. The van der Waals surface area contributed by atoms with E-state index in [9.17, 15) is 4.79 Å². The molecule has 1 saturated carbocycles.